The van der Waals surface area contributed by atoms with Crippen molar-refractivity contribution in [3.63, 3.8) is 0 Å². The molecule has 0 saturated carbocycles. The molecular formula is C18H18F3N. The first-order chi connectivity index (χ1) is 10.5. The van der Waals surface area contributed by atoms with E-state index < -0.39 is 11.7 Å². The maximum atomic E-state index is 12.7. The number of rotatable bonds is 2. The highest BCUT2D eigenvalue weighted by molar-refractivity contribution is 5.68. The minimum absolute atomic E-state index is 0.525. The van der Waals surface area contributed by atoms with Gasteiger partial charge in [-0.1, -0.05) is 31.5 Å². The summed E-state index contributed by atoms with van der Waals surface area (Å²) in [6.45, 7) is 3.00. The average molecular weight is 305 g/mol. The Kier molecular flexibility index (Phi) is 3.85. The van der Waals surface area contributed by atoms with Crippen LogP contribution in [0.15, 0.2) is 48.5 Å². The summed E-state index contributed by atoms with van der Waals surface area (Å²) in [4.78, 5) is 2.13. The van der Waals surface area contributed by atoms with Crippen LogP contribution in [0.25, 0.3) is 0 Å². The first kappa shape index (κ1) is 14.9. The molecule has 1 heterocycles. The van der Waals surface area contributed by atoms with Gasteiger partial charge in [0.25, 0.3) is 0 Å². The lowest BCUT2D eigenvalue weighted by molar-refractivity contribution is -0.137. The second kappa shape index (κ2) is 5.67. The summed E-state index contributed by atoms with van der Waals surface area (Å²) in [5.41, 5.74) is 2.58. The van der Waals surface area contributed by atoms with Crippen LogP contribution in [0.3, 0.4) is 0 Å². The zero-order valence-electron chi connectivity index (χ0n) is 12.4. The van der Waals surface area contributed by atoms with Gasteiger partial charge >= 0.3 is 6.18 Å². The molecule has 0 aliphatic carbocycles. The largest absolute Gasteiger partial charge is 0.416 e. The summed E-state index contributed by atoms with van der Waals surface area (Å²) in [5.74, 6) is 0.525. The molecule has 1 atom stereocenters. The van der Waals surface area contributed by atoms with E-state index in [4.69, 9.17) is 0 Å². The third-order valence-electron chi connectivity index (χ3n) is 4.32. The molecule has 1 aliphatic heterocycles. The normalized spacial score (nSPS) is 18.2. The molecule has 0 aromatic heterocycles. The lowest BCUT2D eigenvalue weighted by atomic mass is 9.90. The van der Waals surface area contributed by atoms with Gasteiger partial charge in [-0.05, 0) is 48.2 Å². The molecule has 0 amide bonds. The van der Waals surface area contributed by atoms with Crippen molar-refractivity contribution in [2.45, 2.75) is 25.9 Å². The van der Waals surface area contributed by atoms with Crippen LogP contribution in [0.1, 0.15) is 24.5 Å². The molecule has 2 aromatic carbocycles. The lowest BCUT2D eigenvalue weighted by Gasteiger charge is -2.36. The molecule has 0 radical (unpaired) electrons. The van der Waals surface area contributed by atoms with Gasteiger partial charge in [0.15, 0.2) is 0 Å². The van der Waals surface area contributed by atoms with Gasteiger partial charge in [-0.3, -0.25) is 0 Å². The van der Waals surface area contributed by atoms with E-state index >= 15 is 0 Å². The molecule has 3 rings (SSSR count). The van der Waals surface area contributed by atoms with Gasteiger partial charge in [0.2, 0.25) is 0 Å². The van der Waals surface area contributed by atoms with Crippen molar-refractivity contribution in [1.29, 1.82) is 0 Å². The monoisotopic (exact) mass is 305 g/mol. The van der Waals surface area contributed by atoms with Crippen LogP contribution in [-0.4, -0.2) is 6.54 Å². The predicted octanol–water partition coefficient (Wildman–Crippen LogP) is 5.43. The highest BCUT2D eigenvalue weighted by Gasteiger charge is 2.31. The molecule has 0 saturated heterocycles. The van der Waals surface area contributed by atoms with E-state index in [2.05, 4.69) is 17.9 Å². The Bertz CT molecular complexity index is 646. The number of nitrogens with zero attached hydrogens (tertiary/aromatic N) is 1. The number of benzene rings is 2. The molecule has 0 N–H and O–H groups in total. The highest BCUT2D eigenvalue weighted by Crippen LogP contribution is 2.37. The van der Waals surface area contributed by atoms with Crippen molar-refractivity contribution in [3.8, 4) is 0 Å². The molecule has 4 heteroatoms. The van der Waals surface area contributed by atoms with Gasteiger partial charge < -0.3 is 4.90 Å². The van der Waals surface area contributed by atoms with Crippen molar-refractivity contribution in [1.82, 2.24) is 0 Å². The third-order valence-corrected chi connectivity index (χ3v) is 4.32. The first-order valence-corrected chi connectivity index (χ1v) is 7.51. The summed E-state index contributed by atoms with van der Waals surface area (Å²) in [5, 5.41) is 0. The zero-order chi connectivity index (χ0) is 15.7. The Labute approximate surface area is 128 Å². The van der Waals surface area contributed by atoms with Gasteiger partial charge in [-0.25, -0.2) is 0 Å². The number of alkyl halides is 3. The van der Waals surface area contributed by atoms with Crippen molar-refractivity contribution >= 4 is 11.4 Å². The van der Waals surface area contributed by atoms with Crippen molar-refractivity contribution in [3.05, 3.63) is 59.7 Å². The number of halogens is 3. The smallest absolute Gasteiger partial charge is 0.341 e. The second-order valence-corrected chi connectivity index (χ2v) is 5.76. The molecule has 1 unspecified atom stereocenters. The van der Waals surface area contributed by atoms with Crippen LogP contribution in [0, 0.1) is 5.92 Å². The van der Waals surface area contributed by atoms with Gasteiger partial charge in [0.1, 0.15) is 0 Å². The molecular weight excluding hydrogens is 287 g/mol. The highest BCUT2D eigenvalue weighted by atomic mass is 19.4. The van der Waals surface area contributed by atoms with E-state index in [1.165, 1.54) is 5.56 Å². The van der Waals surface area contributed by atoms with Crippen LogP contribution in [0.2, 0.25) is 0 Å². The van der Waals surface area contributed by atoms with Crippen LogP contribution < -0.4 is 4.90 Å². The van der Waals surface area contributed by atoms with E-state index in [0.29, 0.717) is 5.92 Å². The summed E-state index contributed by atoms with van der Waals surface area (Å²) in [6, 6.07) is 13.6. The molecule has 22 heavy (non-hydrogen) atoms. The summed E-state index contributed by atoms with van der Waals surface area (Å²) in [6.07, 6.45) is -2.19. The number of anilines is 2. The Balaban J connectivity index is 1.97. The average Bonchev–Trinajstić information content (AvgIpc) is 2.53. The minimum atomic E-state index is -4.29. The topological polar surface area (TPSA) is 3.24 Å². The van der Waals surface area contributed by atoms with Gasteiger partial charge in [0, 0.05) is 17.9 Å². The Morgan fingerprint density at radius 2 is 1.73 bits per heavy atom. The Morgan fingerprint density at radius 1 is 1.05 bits per heavy atom. The number of fused-ring (bicyclic) bond motifs is 1. The molecule has 0 spiro atoms. The van der Waals surface area contributed by atoms with Gasteiger partial charge in [-0.2, -0.15) is 13.2 Å². The van der Waals surface area contributed by atoms with E-state index in [-0.39, 0.29) is 0 Å². The first-order valence-electron chi connectivity index (χ1n) is 7.51. The summed E-state index contributed by atoms with van der Waals surface area (Å²) in [7, 11) is 0. The molecule has 1 nitrogen and oxygen atoms in total. The van der Waals surface area contributed by atoms with Crippen molar-refractivity contribution in [2.75, 3.05) is 11.4 Å². The second-order valence-electron chi connectivity index (χ2n) is 5.76. The van der Waals surface area contributed by atoms with Crippen LogP contribution in [0.4, 0.5) is 24.5 Å². The van der Waals surface area contributed by atoms with E-state index in [0.717, 1.165) is 42.9 Å². The molecule has 1 aliphatic rings. The molecule has 0 fully saturated rings. The molecule has 116 valence electrons. The van der Waals surface area contributed by atoms with Gasteiger partial charge in [0.05, 0.1) is 5.56 Å². The van der Waals surface area contributed by atoms with E-state index in [1.54, 1.807) is 12.1 Å². The van der Waals surface area contributed by atoms with Crippen LogP contribution in [-0.2, 0) is 12.6 Å². The lowest BCUT2D eigenvalue weighted by Crippen LogP contribution is -2.31. The number of hydrogen-bond acceptors (Lipinski definition) is 1. The van der Waals surface area contributed by atoms with Crippen molar-refractivity contribution < 1.29 is 13.2 Å². The standard InChI is InChI=1S/C18H18F3N/c1-2-13-11-14-5-3-4-6-17(14)22(12-13)16-9-7-15(8-10-16)18(19,20)21/h3-10,13H,2,11-12H2,1H3. The third kappa shape index (κ3) is 2.82. The van der Waals surface area contributed by atoms with Crippen LogP contribution in [0.5, 0.6) is 0 Å². The molecule has 0 bridgehead atoms. The Morgan fingerprint density at radius 3 is 2.36 bits per heavy atom. The van der Waals surface area contributed by atoms with E-state index in [9.17, 15) is 13.2 Å². The quantitative estimate of drug-likeness (QED) is 0.715. The summed E-state index contributed by atoms with van der Waals surface area (Å²) >= 11 is 0. The predicted molar refractivity (Wildman–Crippen MR) is 82.4 cm³/mol. The Hall–Kier alpha value is -1.97. The molecule has 2 aromatic rings. The fourth-order valence-corrected chi connectivity index (χ4v) is 3.03. The SMILES string of the molecule is CCC1Cc2ccccc2N(c2ccc(C(F)(F)F)cc2)C1. The number of para-hydroxylation sites is 1. The number of hydrogen-bond donors (Lipinski definition) is 0. The maximum Gasteiger partial charge on any atom is 0.416 e. The van der Waals surface area contributed by atoms with Crippen molar-refractivity contribution in [2.24, 2.45) is 5.92 Å². The fraction of sp³-hybridized carbons (Fsp3) is 0.333. The summed E-state index contributed by atoms with van der Waals surface area (Å²) < 4.78 is 38.1. The maximum absolute atomic E-state index is 12.7. The zero-order valence-corrected chi connectivity index (χ0v) is 12.4. The van der Waals surface area contributed by atoms with Crippen LogP contribution >= 0.6 is 0 Å². The van der Waals surface area contributed by atoms with Gasteiger partial charge in [-0.15, -0.1) is 0 Å². The minimum Gasteiger partial charge on any atom is -0.341 e. The van der Waals surface area contributed by atoms with E-state index in [1.807, 2.05) is 18.2 Å². The fourth-order valence-electron chi connectivity index (χ4n) is 3.03.